The number of fused-ring (bicyclic) bond motifs is 1. The highest BCUT2D eigenvalue weighted by Crippen LogP contribution is 2.30. The molecule has 1 unspecified atom stereocenters. The Morgan fingerprint density at radius 1 is 1.35 bits per heavy atom. The van der Waals surface area contributed by atoms with Gasteiger partial charge < -0.3 is 4.74 Å². The summed E-state index contributed by atoms with van der Waals surface area (Å²) in [4.78, 5) is 0. The zero-order valence-electron chi connectivity index (χ0n) is 14.5. The molecule has 0 fully saturated rings. The van der Waals surface area contributed by atoms with Gasteiger partial charge >= 0.3 is 0 Å². The van der Waals surface area contributed by atoms with Gasteiger partial charge in [-0.15, -0.1) is 0 Å². The fraction of sp³-hybridized carbons (Fsp3) is 0.312. The third kappa shape index (κ3) is 3.40. The maximum absolute atomic E-state index is 11.5. The summed E-state index contributed by atoms with van der Waals surface area (Å²) in [5.41, 5.74) is 2.30. The minimum absolute atomic E-state index is 0.244. The lowest BCUT2D eigenvalue weighted by Gasteiger charge is -2.11. The molecule has 3 aromatic rings. The van der Waals surface area contributed by atoms with Crippen molar-refractivity contribution in [2.24, 2.45) is 0 Å². The topological polar surface area (TPSA) is 114 Å². The van der Waals surface area contributed by atoms with E-state index < -0.39 is 10.0 Å². The van der Waals surface area contributed by atoms with Crippen molar-refractivity contribution in [2.45, 2.75) is 20.1 Å². The van der Waals surface area contributed by atoms with Crippen molar-refractivity contribution in [3.8, 4) is 17.2 Å². The van der Waals surface area contributed by atoms with Crippen LogP contribution in [-0.4, -0.2) is 40.7 Å². The van der Waals surface area contributed by atoms with E-state index in [9.17, 15) is 13.7 Å². The molecule has 10 heteroatoms. The van der Waals surface area contributed by atoms with E-state index in [0.717, 1.165) is 6.26 Å². The average Bonchev–Trinajstić information content (AvgIpc) is 3.20. The smallest absolute Gasteiger partial charge is 0.230 e. The van der Waals surface area contributed by atoms with E-state index >= 15 is 0 Å². The van der Waals surface area contributed by atoms with Gasteiger partial charge in [0, 0.05) is 23.9 Å². The predicted molar refractivity (Wildman–Crippen MR) is 95.9 cm³/mol. The van der Waals surface area contributed by atoms with Crippen LogP contribution >= 0.6 is 0 Å². The summed E-state index contributed by atoms with van der Waals surface area (Å²) in [5.74, 6) is 0.295. The Bertz CT molecular complexity index is 1090. The molecule has 0 aromatic carbocycles. The van der Waals surface area contributed by atoms with Crippen LogP contribution < -0.4 is 4.72 Å². The van der Waals surface area contributed by atoms with Crippen molar-refractivity contribution in [1.82, 2.24) is 19.4 Å². The third-order valence-corrected chi connectivity index (χ3v) is 4.34. The molecular weight excluding hydrogens is 356 g/mol. The van der Waals surface area contributed by atoms with E-state index in [-0.39, 0.29) is 6.23 Å². The van der Waals surface area contributed by atoms with Crippen LogP contribution in [0.15, 0.2) is 30.7 Å². The average molecular weight is 374 g/mol. The van der Waals surface area contributed by atoms with Gasteiger partial charge in [0.05, 0.1) is 29.7 Å². The van der Waals surface area contributed by atoms with E-state index in [2.05, 4.69) is 21.0 Å². The monoisotopic (exact) mass is 374 g/mol. The highest BCUT2D eigenvalue weighted by Gasteiger charge is 2.17. The first-order chi connectivity index (χ1) is 12.3. The highest BCUT2D eigenvalue weighted by molar-refractivity contribution is 7.92. The van der Waals surface area contributed by atoms with Crippen LogP contribution in [0.25, 0.3) is 16.6 Å². The predicted octanol–water partition coefficient (Wildman–Crippen LogP) is 2.00. The summed E-state index contributed by atoms with van der Waals surface area (Å²) >= 11 is 0. The van der Waals surface area contributed by atoms with Gasteiger partial charge in [-0.3, -0.25) is 4.72 Å². The molecule has 3 heterocycles. The van der Waals surface area contributed by atoms with Crippen molar-refractivity contribution >= 4 is 21.4 Å². The summed E-state index contributed by atoms with van der Waals surface area (Å²) in [5, 5.41) is 17.9. The molecule has 0 aliphatic carbocycles. The second-order valence-corrected chi connectivity index (χ2v) is 7.45. The van der Waals surface area contributed by atoms with Gasteiger partial charge in [-0.05, 0) is 26.0 Å². The first kappa shape index (κ1) is 17.9. The van der Waals surface area contributed by atoms with E-state index in [1.807, 2.05) is 13.8 Å². The zero-order valence-corrected chi connectivity index (χ0v) is 15.4. The van der Waals surface area contributed by atoms with Crippen molar-refractivity contribution in [2.75, 3.05) is 17.6 Å². The van der Waals surface area contributed by atoms with Crippen LogP contribution in [0.4, 0.5) is 5.82 Å². The number of hydrogen-bond donors (Lipinski definition) is 1. The number of hydrogen-bond acceptors (Lipinski definition) is 6. The maximum Gasteiger partial charge on any atom is 0.230 e. The molecule has 0 aliphatic heterocycles. The lowest BCUT2D eigenvalue weighted by Crippen LogP contribution is -2.12. The third-order valence-electron chi connectivity index (χ3n) is 3.76. The Morgan fingerprint density at radius 3 is 2.77 bits per heavy atom. The Balaban J connectivity index is 2.14. The molecule has 0 radical (unpaired) electrons. The zero-order chi connectivity index (χ0) is 18.9. The molecule has 1 atom stereocenters. The first-order valence-electron chi connectivity index (χ1n) is 7.88. The first-order valence-corrected chi connectivity index (χ1v) is 9.78. The molecule has 136 valence electrons. The summed E-state index contributed by atoms with van der Waals surface area (Å²) in [6, 6.07) is 5.43. The number of rotatable bonds is 6. The summed E-state index contributed by atoms with van der Waals surface area (Å²) in [7, 11) is -3.45. The summed E-state index contributed by atoms with van der Waals surface area (Å²) in [6.07, 6.45) is 5.65. The molecule has 0 amide bonds. The van der Waals surface area contributed by atoms with Crippen molar-refractivity contribution in [3.63, 3.8) is 0 Å². The Hall–Kier alpha value is -2.90. The van der Waals surface area contributed by atoms with E-state index in [1.165, 1.54) is 10.7 Å². The second-order valence-electron chi connectivity index (χ2n) is 5.70. The Kier molecular flexibility index (Phi) is 4.67. The van der Waals surface area contributed by atoms with E-state index in [1.54, 1.807) is 29.2 Å². The number of nitriles is 1. The number of aromatic nitrogens is 4. The van der Waals surface area contributed by atoms with Crippen molar-refractivity contribution < 1.29 is 13.2 Å². The molecule has 0 saturated carbocycles. The van der Waals surface area contributed by atoms with Gasteiger partial charge in [0.1, 0.15) is 18.1 Å². The molecule has 3 rings (SSSR count). The van der Waals surface area contributed by atoms with Gasteiger partial charge in [-0.2, -0.15) is 15.5 Å². The normalized spacial score (nSPS) is 12.8. The number of sulfonamides is 1. The SMILES string of the molecule is CCOC(C)n1cc(-c2c(C#N)cnn3c(NS(C)(=O)=O)ccc23)cn1. The van der Waals surface area contributed by atoms with Crippen LogP contribution in [-0.2, 0) is 14.8 Å². The number of nitrogens with zero attached hydrogens (tertiary/aromatic N) is 5. The van der Waals surface area contributed by atoms with Gasteiger partial charge in [0.25, 0.3) is 0 Å². The summed E-state index contributed by atoms with van der Waals surface area (Å²) < 4.78 is 34.1. The molecule has 0 spiro atoms. The quantitative estimate of drug-likeness (QED) is 0.706. The van der Waals surface area contributed by atoms with Crippen LogP contribution in [0.3, 0.4) is 0 Å². The number of anilines is 1. The molecule has 0 saturated heterocycles. The molecule has 0 bridgehead atoms. The highest BCUT2D eigenvalue weighted by atomic mass is 32.2. The molecule has 1 N–H and O–H groups in total. The van der Waals surface area contributed by atoms with Crippen molar-refractivity contribution in [3.05, 3.63) is 36.3 Å². The molecular formula is C16H18N6O3S. The fourth-order valence-corrected chi connectivity index (χ4v) is 3.23. The maximum atomic E-state index is 11.5. The van der Waals surface area contributed by atoms with Crippen LogP contribution in [0.2, 0.25) is 0 Å². The number of nitrogens with one attached hydrogen (secondary N) is 1. The minimum atomic E-state index is -3.45. The standard InChI is InChI=1S/C16H18N6O3S/c1-4-25-11(2)21-10-13(9-18-21)16-12(7-17)8-19-22-14(16)5-6-15(22)20-26(3,23)24/h5-6,8-11,20H,4H2,1-3H3. The van der Waals surface area contributed by atoms with Crippen LogP contribution in [0.5, 0.6) is 0 Å². The largest absolute Gasteiger partial charge is 0.357 e. The Labute approximate surface area is 150 Å². The van der Waals surface area contributed by atoms with E-state index in [0.29, 0.717) is 34.6 Å². The van der Waals surface area contributed by atoms with Gasteiger partial charge in [0.15, 0.2) is 0 Å². The molecule has 26 heavy (non-hydrogen) atoms. The van der Waals surface area contributed by atoms with Crippen molar-refractivity contribution in [1.29, 1.82) is 5.26 Å². The van der Waals surface area contributed by atoms with Gasteiger partial charge in [-0.25, -0.2) is 17.6 Å². The fourth-order valence-electron chi connectivity index (χ4n) is 2.70. The van der Waals surface area contributed by atoms with Crippen LogP contribution in [0, 0.1) is 11.3 Å². The lowest BCUT2D eigenvalue weighted by molar-refractivity contribution is 0.0160. The second kappa shape index (κ2) is 6.78. The molecule has 9 nitrogen and oxygen atoms in total. The summed E-state index contributed by atoms with van der Waals surface area (Å²) in [6.45, 7) is 4.33. The van der Waals surface area contributed by atoms with Gasteiger partial charge in [0.2, 0.25) is 10.0 Å². The Morgan fingerprint density at radius 2 is 2.12 bits per heavy atom. The molecule has 0 aliphatic rings. The molecule has 3 aromatic heterocycles. The van der Waals surface area contributed by atoms with Gasteiger partial charge in [-0.1, -0.05) is 0 Å². The van der Waals surface area contributed by atoms with E-state index in [4.69, 9.17) is 4.74 Å². The minimum Gasteiger partial charge on any atom is -0.357 e. The number of ether oxygens (including phenoxy) is 1. The van der Waals surface area contributed by atoms with Crippen LogP contribution in [0.1, 0.15) is 25.6 Å². The lowest BCUT2D eigenvalue weighted by atomic mass is 10.1.